The summed E-state index contributed by atoms with van der Waals surface area (Å²) in [5.41, 5.74) is 13.4. The Labute approximate surface area is 246 Å². The molecule has 1 aliphatic heterocycles. The van der Waals surface area contributed by atoms with Crippen molar-refractivity contribution >= 4 is 18.0 Å². The number of rotatable bonds is 12. The lowest BCUT2D eigenvalue weighted by Crippen LogP contribution is -2.11. The summed E-state index contributed by atoms with van der Waals surface area (Å²) in [6.07, 6.45) is 13.9. The van der Waals surface area contributed by atoms with Crippen molar-refractivity contribution in [3.63, 3.8) is 0 Å². The summed E-state index contributed by atoms with van der Waals surface area (Å²) in [5.74, 6) is 2.48. The van der Waals surface area contributed by atoms with E-state index >= 15 is 0 Å². The predicted molar refractivity (Wildman–Crippen MR) is 172 cm³/mol. The molecule has 2 atom stereocenters. The minimum Gasteiger partial charge on any atom is -0.481 e. The summed E-state index contributed by atoms with van der Waals surface area (Å²) in [5, 5.41) is 0. The third kappa shape index (κ3) is 10.6. The van der Waals surface area contributed by atoms with Crippen molar-refractivity contribution in [3.8, 4) is 17.1 Å². The van der Waals surface area contributed by atoms with Crippen molar-refractivity contribution in [2.45, 2.75) is 91.6 Å². The fourth-order valence-electron chi connectivity index (χ4n) is 4.30. The molecule has 0 bridgehead atoms. The van der Waals surface area contributed by atoms with Crippen molar-refractivity contribution in [3.05, 3.63) is 76.9 Å². The average molecular weight is 565 g/mol. The molecule has 2 unspecified atom stereocenters. The number of benzene rings is 1. The van der Waals surface area contributed by atoms with Gasteiger partial charge in [-0.25, -0.2) is 9.97 Å². The Bertz CT molecular complexity index is 1160. The number of nitrogens with two attached hydrogens (primary N) is 1. The van der Waals surface area contributed by atoms with Gasteiger partial charge in [-0.2, -0.15) is 11.8 Å². The van der Waals surface area contributed by atoms with E-state index in [0.29, 0.717) is 18.1 Å². The number of unbranched alkanes of at least 4 members (excludes halogenated alkanes) is 1. The lowest BCUT2D eigenvalue weighted by molar-refractivity contribution is 0.0700. The Kier molecular flexibility index (Phi) is 15.4. The van der Waals surface area contributed by atoms with Crippen molar-refractivity contribution in [2.75, 3.05) is 12.9 Å². The SMILES string of the molecule is CC=N/C(C)=C(/C=C\CCC)C(\N)=C(/C)CC.COc1ncnc(-c2ccccc2)c1CSCC1CCC(C)O1. The van der Waals surface area contributed by atoms with Crippen molar-refractivity contribution in [1.29, 1.82) is 0 Å². The van der Waals surface area contributed by atoms with E-state index in [2.05, 4.69) is 66.9 Å². The van der Waals surface area contributed by atoms with Gasteiger partial charge in [0.1, 0.15) is 6.33 Å². The summed E-state index contributed by atoms with van der Waals surface area (Å²) < 4.78 is 11.3. The molecule has 6 nitrogen and oxygen atoms in total. The lowest BCUT2D eigenvalue weighted by Gasteiger charge is -2.14. The molecule has 7 heteroatoms. The van der Waals surface area contributed by atoms with Crippen LogP contribution in [0.5, 0.6) is 5.88 Å². The standard InChI is InChI=1S/C18H22N2O2S.C15H26N2/c1-13-8-9-15(22-13)10-23-11-16-17(14-6-4-3-5-7-14)19-12-20-18(16)21-2;1-6-9-10-11-14(13(5)17-8-3)15(16)12(4)7-2/h3-7,12-13,15H,8-11H2,1-2H3;8,10-11H,6-7,9,16H2,1-5H3/b;11-10-,14-13-,15-12-,17-8?. The van der Waals surface area contributed by atoms with Gasteiger partial charge >= 0.3 is 0 Å². The Morgan fingerprint density at radius 2 is 1.93 bits per heavy atom. The topological polar surface area (TPSA) is 82.6 Å². The fraction of sp³-hybridized carbons (Fsp3) is 0.485. The summed E-state index contributed by atoms with van der Waals surface area (Å²) in [6, 6.07) is 10.2. The Morgan fingerprint density at radius 3 is 2.52 bits per heavy atom. The first-order chi connectivity index (χ1) is 19.4. The molecule has 0 spiro atoms. The number of nitrogens with zero attached hydrogens (tertiary/aromatic N) is 3. The number of thioether (sulfide) groups is 1. The highest BCUT2D eigenvalue weighted by atomic mass is 32.2. The fourth-order valence-corrected chi connectivity index (χ4v) is 5.39. The summed E-state index contributed by atoms with van der Waals surface area (Å²) in [4.78, 5) is 13.1. The van der Waals surface area contributed by atoms with Crippen LogP contribution < -0.4 is 10.5 Å². The number of hydrogen-bond acceptors (Lipinski definition) is 7. The van der Waals surface area contributed by atoms with Gasteiger partial charge in [0.05, 0.1) is 30.6 Å². The molecule has 1 saturated heterocycles. The third-order valence-corrected chi connectivity index (χ3v) is 7.85. The second-order valence-corrected chi connectivity index (χ2v) is 10.9. The van der Waals surface area contributed by atoms with Crippen LogP contribution in [0.4, 0.5) is 0 Å². The quantitative estimate of drug-likeness (QED) is 0.206. The monoisotopic (exact) mass is 564 g/mol. The molecule has 0 radical (unpaired) electrons. The van der Waals surface area contributed by atoms with E-state index in [4.69, 9.17) is 15.2 Å². The van der Waals surface area contributed by atoms with E-state index in [1.807, 2.05) is 43.8 Å². The highest BCUT2D eigenvalue weighted by Gasteiger charge is 2.22. The molecule has 3 rings (SSSR count). The minimum atomic E-state index is 0.366. The molecule has 1 aromatic heterocycles. The summed E-state index contributed by atoms with van der Waals surface area (Å²) in [6.45, 7) is 12.4. The van der Waals surface area contributed by atoms with Crippen LogP contribution >= 0.6 is 11.8 Å². The minimum absolute atomic E-state index is 0.366. The van der Waals surface area contributed by atoms with Crippen LogP contribution in [0.3, 0.4) is 0 Å². The second-order valence-electron chi connectivity index (χ2n) is 9.86. The highest BCUT2D eigenvalue weighted by Crippen LogP contribution is 2.32. The van der Waals surface area contributed by atoms with E-state index < -0.39 is 0 Å². The Balaban J connectivity index is 0.000000296. The molecule has 0 aliphatic carbocycles. The van der Waals surface area contributed by atoms with E-state index in [9.17, 15) is 0 Å². The second kappa shape index (κ2) is 18.4. The molecule has 218 valence electrons. The van der Waals surface area contributed by atoms with E-state index in [0.717, 1.165) is 77.4 Å². The van der Waals surface area contributed by atoms with Gasteiger partial charge in [-0.1, -0.05) is 62.8 Å². The molecule has 1 aliphatic rings. The van der Waals surface area contributed by atoms with Gasteiger partial charge in [0.25, 0.3) is 0 Å². The van der Waals surface area contributed by atoms with Crippen LogP contribution in [0.2, 0.25) is 0 Å². The largest absolute Gasteiger partial charge is 0.481 e. The maximum atomic E-state index is 6.18. The Morgan fingerprint density at radius 1 is 1.18 bits per heavy atom. The van der Waals surface area contributed by atoms with Crippen LogP contribution in [-0.2, 0) is 10.5 Å². The number of methoxy groups -OCH3 is 1. The molecule has 1 aromatic carbocycles. The van der Waals surface area contributed by atoms with E-state index in [1.54, 1.807) is 19.7 Å². The number of ether oxygens (including phenoxy) is 2. The maximum Gasteiger partial charge on any atom is 0.220 e. The molecule has 40 heavy (non-hydrogen) atoms. The number of aliphatic imine (C=N–C) groups is 1. The van der Waals surface area contributed by atoms with Crippen molar-refractivity contribution in [1.82, 2.24) is 9.97 Å². The van der Waals surface area contributed by atoms with Gasteiger partial charge in [0.2, 0.25) is 5.88 Å². The van der Waals surface area contributed by atoms with Gasteiger partial charge < -0.3 is 15.2 Å². The molecular formula is C33H48N4O2S. The molecule has 1 fully saturated rings. The zero-order chi connectivity index (χ0) is 29.3. The molecule has 0 saturated carbocycles. The maximum absolute atomic E-state index is 6.18. The molecule has 2 N–H and O–H groups in total. The van der Waals surface area contributed by atoms with E-state index in [-0.39, 0.29) is 0 Å². The first kappa shape index (κ1) is 33.3. The van der Waals surface area contributed by atoms with Gasteiger partial charge in [0.15, 0.2) is 0 Å². The van der Waals surface area contributed by atoms with Gasteiger partial charge in [0, 0.05) is 40.3 Å². The first-order valence-electron chi connectivity index (χ1n) is 14.3. The normalized spacial score (nSPS) is 18.4. The third-order valence-electron chi connectivity index (χ3n) is 6.75. The summed E-state index contributed by atoms with van der Waals surface area (Å²) in [7, 11) is 1.66. The van der Waals surface area contributed by atoms with Crippen molar-refractivity contribution in [2.24, 2.45) is 10.7 Å². The highest BCUT2D eigenvalue weighted by molar-refractivity contribution is 7.98. The van der Waals surface area contributed by atoms with Crippen LogP contribution in [0.25, 0.3) is 11.3 Å². The summed E-state index contributed by atoms with van der Waals surface area (Å²) >= 11 is 1.86. The lowest BCUT2D eigenvalue weighted by atomic mass is 10.0. The molecular weight excluding hydrogens is 516 g/mol. The van der Waals surface area contributed by atoms with Gasteiger partial charge in [-0.05, 0) is 59.0 Å². The van der Waals surface area contributed by atoms with Crippen molar-refractivity contribution < 1.29 is 9.47 Å². The number of allylic oxidation sites excluding steroid dienone is 4. The first-order valence-corrected chi connectivity index (χ1v) is 15.5. The zero-order valence-corrected chi connectivity index (χ0v) is 26.3. The average Bonchev–Trinajstić information content (AvgIpc) is 3.40. The molecule has 2 heterocycles. The molecule has 0 amide bonds. The number of hydrogen-bond donors (Lipinski definition) is 1. The van der Waals surface area contributed by atoms with E-state index in [1.165, 1.54) is 5.57 Å². The zero-order valence-electron chi connectivity index (χ0n) is 25.4. The van der Waals surface area contributed by atoms with Crippen LogP contribution in [0, 0.1) is 0 Å². The van der Waals surface area contributed by atoms with Gasteiger partial charge in [-0.3, -0.25) is 4.99 Å². The van der Waals surface area contributed by atoms with Crippen LogP contribution in [0.1, 0.15) is 79.2 Å². The van der Waals surface area contributed by atoms with Gasteiger partial charge in [-0.15, -0.1) is 0 Å². The van der Waals surface area contributed by atoms with Crippen LogP contribution in [-0.4, -0.2) is 41.3 Å². The number of aromatic nitrogens is 2. The predicted octanol–water partition coefficient (Wildman–Crippen LogP) is 8.30. The Hall–Kier alpha value is -2.90. The van der Waals surface area contributed by atoms with Crippen LogP contribution in [0.15, 0.2) is 76.3 Å². The smallest absolute Gasteiger partial charge is 0.220 e. The molecule has 2 aromatic rings.